The van der Waals surface area contributed by atoms with Crippen LogP contribution in [-0.2, 0) is 0 Å². The Labute approximate surface area is 124 Å². The third kappa shape index (κ3) is 9.76. The molecule has 0 amide bonds. The average Bonchev–Trinajstić information content (AvgIpc) is 2.49. The van der Waals surface area contributed by atoms with Gasteiger partial charge in [0.1, 0.15) is 0 Å². The minimum atomic E-state index is 0.274. The molecule has 0 saturated heterocycles. The van der Waals surface area contributed by atoms with Gasteiger partial charge in [-0.15, -0.1) is 0 Å². The van der Waals surface area contributed by atoms with Crippen LogP contribution in [0.1, 0.15) is 51.5 Å². The van der Waals surface area contributed by atoms with Gasteiger partial charge in [-0.3, -0.25) is 0 Å². The lowest BCUT2D eigenvalue weighted by Gasteiger charge is -2.15. The molecular weight excluding hydrogens is 248 g/mol. The lowest BCUT2D eigenvalue weighted by molar-refractivity contribution is 0.225. The molecule has 0 spiro atoms. The first-order valence-electron chi connectivity index (χ1n) is 7.57. The van der Waals surface area contributed by atoms with E-state index in [2.05, 4.69) is 51.1 Å². The fourth-order valence-corrected chi connectivity index (χ4v) is 1.95. The van der Waals surface area contributed by atoms with Crippen molar-refractivity contribution in [3.63, 3.8) is 0 Å². The van der Waals surface area contributed by atoms with E-state index in [-0.39, 0.29) is 13.2 Å². The monoisotopic (exact) mass is 278 g/mol. The van der Waals surface area contributed by atoms with Crippen LogP contribution in [0.2, 0.25) is 0 Å². The second-order valence-corrected chi connectivity index (χ2v) is 5.23. The van der Waals surface area contributed by atoms with Crippen molar-refractivity contribution in [1.29, 1.82) is 0 Å². The van der Waals surface area contributed by atoms with E-state index in [4.69, 9.17) is 10.2 Å². The normalized spacial score (nSPS) is 13.7. The van der Waals surface area contributed by atoms with Gasteiger partial charge in [-0.25, -0.2) is 0 Å². The molecule has 0 fully saturated rings. The highest BCUT2D eigenvalue weighted by Gasteiger charge is 2.08. The maximum atomic E-state index is 8.93. The van der Waals surface area contributed by atoms with E-state index >= 15 is 0 Å². The van der Waals surface area contributed by atoms with Crippen LogP contribution in [0, 0.1) is 5.92 Å². The molecule has 0 radical (unpaired) electrons. The van der Waals surface area contributed by atoms with Gasteiger partial charge in [-0.05, 0) is 36.7 Å². The Hall–Kier alpha value is -1.12. The van der Waals surface area contributed by atoms with Gasteiger partial charge < -0.3 is 10.2 Å². The molecule has 0 aromatic heterocycles. The third-order valence-electron chi connectivity index (χ3n) is 3.13. The summed E-state index contributed by atoms with van der Waals surface area (Å²) in [5, 5.41) is 17.2. The van der Waals surface area contributed by atoms with Gasteiger partial charge in [0.15, 0.2) is 0 Å². The standard InChI is InChI=1S/C12H18O.C6H12O/c1-10(9-13)8-11(2)12-6-4-3-5-7-12;1-2-3-4-5-6-7/h3-7,10-11,13H,8-9H2,1-2H3;3-4,7H,2,5-6H2,1H3/b;4-3-. The van der Waals surface area contributed by atoms with Crippen molar-refractivity contribution >= 4 is 0 Å². The fraction of sp³-hybridized carbons (Fsp3) is 0.556. The summed E-state index contributed by atoms with van der Waals surface area (Å²) in [6, 6.07) is 10.5. The quantitative estimate of drug-likeness (QED) is 0.736. The van der Waals surface area contributed by atoms with Crippen molar-refractivity contribution in [3.8, 4) is 0 Å². The third-order valence-corrected chi connectivity index (χ3v) is 3.13. The summed E-state index contributed by atoms with van der Waals surface area (Å²) < 4.78 is 0. The number of benzene rings is 1. The van der Waals surface area contributed by atoms with Crippen LogP contribution in [0.3, 0.4) is 0 Å². The molecule has 0 aliphatic rings. The molecule has 1 aromatic rings. The molecule has 0 aliphatic carbocycles. The second kappa shape index (κ2) is 12.9. The highest BCUT2D eigenvalue weighted by Crippen LogP contribution is 2.22. The molecule has 114 valence electrons. The number of hydrogen-bond acceptors (Lipinski definition) is 2. The lowest BCUT2D eigenvalue weighted by Crippen LogP contribution is -2.05. The zero-order valence-corrected chi connectivity index (χ0v) is 13.1. The van der Waals surface area contributed by atoms with Crippen molar-refractivity contribution in [3.05, 3.63) is 48.0 Å². The van der Waals surface area contributed by atoms with Gasteiger partial charge in [-0.2, -0.15) is 0 Å². The first kappa shape index (κ1) is 18.9. The molecule has 2 nitrogen and oxygen atoms in total. The van der Waals surface area contributed by atoms with E-state index in [0.717, 1.165) is 19.3 Å². The zero-order valence-electron chi connectivity index (χ0n) is 13.1. The molecule has 2 atom stereocenters. The second-order valence-electron chi connectivity index (χ2n) is 5.23. The van der Waals surface area contributed by atoms with Crippen molar-refractivity contribution < 1.29 is 10.2 Å². The maximum absolute atomic E-state index is 8.93. The largest absolute Gasteiger partial charge is 0.396 e. The number of aliphatic hydroxyl groups excluding tert-OH is 2. The van der Waals surface area contributed by atoms with Crippen molar-refractivity contribution in [1.82, 2.24) is 0 Å². The molecular formula is C18H30O2. The smallest absolute Gasteiger partial charge is 0.0465 e. The van der Waals surface area contributed by atoms with Gasteiger partial charge in [-0.1, -0.05) is 63.3 Å². The SMILES string of the molecule is CC(CO)CC(C)c1ccccc1.CC/C=C\CCO. The summed E-state index contributed by atoms with van der Waals surface area (Å²) in [5.41, 5.74) is 1.36. The van der Waals surface area contributed by atoms with E-state index < -0.39 is 0 Å². The number of rotatable bonds is 7. The molecule has 1 aromatic carbocycles. The molecule has 0 aliphatic heterocycles. The Kier molecular flexibility index (Phi) is 12.2. The van der Waals surface area contributed by atoms with E-state index in [1.165, 1.54) is 5.56 Å². The molecule has 0 bridgehead atoms. The van der Waals surface area contributed by atoms with E-state index in [1.807, 2.05) is 12.1 Å². The van der Waals surface area contributed by atoms with Gasteiger partial charge in [0.2, 0.25) is 0 Å². The molecule has 0 saturated carbocycles. The van der Waals surface area contributed by atoms with E-state index in [1.54, 1.807) is 0 Å². The highest BCUT2D eigenvalue weighted by atomic mass is 16.3. The summed E-state index contributed by atoms with van der Waals surface area (Å²) in [5.74, 6) is 0.943. The van der Waals surface area contributed by atoms with Crippen LogP contribution in [0.15, 0.2) is 42.5 Å². The zero-order chi connectivity index (χ0) is 15.2. The van der Waals surface area contributed by atoms with Crippen molar-refractivity contribution in [2.45, 2.75) is 46.0 Å². The van der Waals surface area contributed by atoms with Crippen molar-refractivity contribution in [2.24, 2.45) is 5.92 Å². The summed E-state index contributed by atoms with van der Waals surface area (Å²) in [6.07, 6.45) is 6.96. The summed E-state index contributed by atoms with van der Waals surface area (Å²) in [7, 11) is 0. The Morgan fingerprint density at radius 1 is 1.05 bits per heavy atom. The Balaban J connectivity index is 0.000000441. The van der Waals surface area contributed by atoms with E-state index in [9.17, 15) is 0 Å². The molecule has 0 heterocycles. The van der Waals surface area contributed by atoms with Crippen LogP contribution in [0.25, 0.3) is 0 Å². The van der Waals surface area contributed by atoms with Gasteiger partial charge in [0.25, 0.3) is 0 Å². The number of aliphatic hydroxyl groups is 2. The van der Waals surface area contributed by atoms with Gasteiger partial charge >= 0.3 is 0 Å². The molecule has 2 N–H and O–H groups in total. The first-order valence-corrected chi connectivity index (χ1v) is 7.57. The average molecular weight is 278 g/mol. The van der Waals surface area contributed by atoms with Crippen molar-refractivity contribution in [2.75, 3.05) is 13.2 Å². The van der Waals surface area contributed by atoms with Crippen LogP contribution in [-0.4, -0.2) is 23.4 Å². The summed E-state index contributed by atoms with van der Waals surface area (Å²) in [6.45, 7) is 6.93. The van der Waals surface area contributed by atoms with Crippen LogP contribution < -0.4 is 0 Å². The first-order chi connectivity index (χ1) is 9.65. The summed E-state index contributed by atoms with van der Waals surface area (Å²) in [4.78, 5) is 0. The Morgan fingerprint density at radius 3 is 2.20 bits per heavy atom. The fourth-order valence-electron chi connectivity index (χ4n) is 1.95. The van der Waals surface area contributed by atoms with Gasteiger partial charge in [0, 0.05) is 13.2 Å². The number of hydrogen-bond donors (Lipinski definition) is 2. The molecule has 20 heavy (non-hydrogen) atoms. The minimum Gasteiger partial charge on any atom is -0.396 e. The maximum Gasteiger partial charge on any atom is 0.0465 e. The lowest BCUT2D eigenvalue weighted by atomic mass is 9.92. The van der Waals surface area contributed by atoms with Crippen LogP contribution in [0.4, 0.5) is 0 Å². The number of allylic oxidation sites excluding steroid dienone is 1. The molecule has 2 heteroatoms. The van der Waals surface area contributed by atoms with Crippen LogP contribution in [0.5, 0.6) is 0 Å². The predicted molar refractivity (Wildman–Crippen MR) is 86.9 cm³/mol. The Morgan fingerprint density at radius 2 is 1.70 bits per heavy atom. The highest BCUT2D eigenvalue weighted by molar-refractivity contribution is 5.18. The predicted octanol–water partition coefficient (Wildman–Crippen LogP) is 4.14. The molecule has 2 unspecified atom stereocenters. The molecule has 1 rings (SSSR count). The van der Waals surface area contributed by atoms with Gasteiger partial charge in [0.05, 0.1) is 0 Å². The van der Waals surface area contributed by atoms with E-state index in [0.29, 0.717) is 11.8 Å². The summed E-state index contributed by atoms with van der Waals surface area (Å²) >= 11 is 0. The topological polar surface area (TPSA) is 40.5 Å². The Bertz CT molecular complexity index is 333. The van der Waals surface area contributed by atoms with Crippen LogP contribution >= 0.6 is 0 Å². The minimum absolute atomic E-state index is 0.274.